The molecular weight excluding hydrogens is 455 g/mol. The Labute approximate surface area is 181 Å². The van der Waals surface area contributed by atoms with Crippen molar-refractivity contribution in [2.75, 3.05) is 45.9 Å². The summed E-state index contributed by atoms with van der Waals surface area (Å²) in [5.74, 6) is 1.78. The Morgan fingerprint density at radius 3 is 2.70 bits per heavy atom. The highest BCUT2D eigenvalue weighted by Crippen LogP contribution is 2.09. The van der Waals surface area contributed by atoms with Crippen molar-refractivity contribution in [3.05, 3.63) is 24.2 Å². The molecule has 0 amide bonds. The van der Waals surface area contributed by atoms with E-state index in [1.807, 2.05) is 12.1 Å². The molecule has 1 fully saturated rings. The zero-order chi connectivity index (χ0) is 18.3. The van der Waals surface area contributed by atoms with Crippen LogP contribution in [0.25, 0.3) is 0 Å². The number of ether oxygens (including phenoxy) is 1. The van der Waals surface area contributed by atoms with Crippen molar-refractivity contribution in [1.29, 1.82) is 0 Å². The first-order chi connectivity index (χ1) is 12.9. The molecule has 1 aromatic rings. The fourth-order valence-corrected chi connectivity index (χ4v) is 3.14. The van der Waals surface area contributed by atoms with Crippen LogP contribution in [-0.4, -0.2) is 56.7 Å². The zero-order valence-electron chi connectivity index (χ0n) is 16.8. The van der Waals surface area contributed by atoms with Gasteiger partial charge in [-0.25, -0.2) is 0 Å². The van der Waals surface area contributed by atoms with E-state index in [2.05, 4.69) is 27.4 Å². The molecule has 2 N–H and O–H groups in total. The second kappa shape index (κ2) is 16.2. The first-order valence-corrected chi connectivity index (χ1v) is 10.2. The molecule has 7 heteroatoms. The number of rotatable bonds is 11. The Hall–Kier alpha value is -0.800. The van der Waals surface area contributed by atoms with E-state index in [0.717, 1.165) is 44.2 Å². The molecule has 0 saturated carbocycles. The molecule has 0 spiro atoms. The average molecular weight is 492 g/mol. The number of nitrogens with one attached hydrogen (secondary N) is 2. The predicted molar refractivity (Wildman–Crippen MR) is 122 cm³/mol. The number of furan rings is 1. The van der Waals surface area contributed by atoms with Crippen LogP contribution >= 0.6 is 24.0 Å². The van der Waals surface area contributed by atoms with Gasteiger partial charge in [0.2, 0.25) is 0 Å². The molecular formula is C20H37IN4O2. The van der Waals surface area contributed by atoms with E-state index in [1.165, 1.54) is 45.3 Å². The summed E-state index contributed by atoms with van der Waals surface area (Å²) in [5.41, 5.74) is 0. The van der Waals surface area contributed by atoms with E-state index in [9.17, 15) is 0 Å². The molecule has 0 aliphatic carbocycles. The summed E-state index contributed by atoms with van der Waals surface area (Å²) in [6.45, 7) is 9.67. The Bertz CT molecular complexity index is 474. The minimum Gasteiger partial charge on any atom is -0.467 e. The highest BCUT2D eigenvalue weighted by atomic mass is 127. The third-order valence-electron chi connectivity index (χ3n) is 4.53. The SMILES string of the molecule is CCNC(=NCCCOCc1ccco1)NCCCN1CCCCCC1.I. The Kier molecular flexibility index (Phi) is 14.5. The Morgan fingerprint density at radius 2 is 2.00 bits per heavy atom. The van der Waals surface area contributed by atoms with Gasteiger partial charge in [-0.15, -0.1) is 24.0 Å². The maximum Gasteiger partial charge on any atom is 0.191 e. The van der Waals surface area contributed by atoms with Gasteiger partial charge < -0.3 is 24.7 Å². The van der Waals surface area contributed by atoms with Gasteiger partial charge in [-0.2, -0.15) is 0 Å². The minimum atomic E-state index is 0. The maximum atomic E-state index is 5.59. The van der Waals surface area contributed by atoms with Crippen LogP contribution in [0.2, 0.25) is 0 Å². The lowest BCUT2D eigenvalue weighted by Gasteiger charge is -2.20. The lowest BCUT2D eigenvalue weighted by Crippen LogP contribution is -2.39. The Balaban J connectivity index is 0.00000364. The second-order valence-corrected chi connectivity index (χ2v) is 6.78. The number of aliphatic imine (C=N–C) groups is 1. The van der Waals surface area contributed by atoms with Crippen molar-refractivity contribution < 1.29 is 9.15 Å². The lowest BCUT2D eigenvalue weighted by atomic mass is 10.2. The van der Waals surface area contributed by atoms with Gasteiger partial charge in [0, 0.05) is 26.2 Å². The van der Waals surface area contributed by atoms with Gasteiger partial charge in [0.25, 0.3) is 0 Å². The number of hydrogen-bond donors (Lipinski definition) is 2. The Morgan fingerprint density at radius 1 is 1.19 bits per heavy atom. The number of nitrogens with zero attached hydrogens (tertiary/aromatic N) is 2. The fourth-order valence-electron chi connectivity index (χ4n) is 3.14. The molecule has 156 valence electrons. The smallest absolute Gasteiger partial charge is 0.191 e. The number of hydrogen-bond acceptors (Lipinski definition) is 4. The summed E-state index contributed by atoms with van der Waals surface area (Å²) >= 11 is 0. The molecule has 1 aromatic heterocycles. The lowest BCUT2D eigenvalue weighted by molar-refractivity contribution is 0.105. The molecule has 1 saturated heterocycles. The number of likely N-dealkylation sites (tertiary alicyclic amines) is 1. The fraction of sp³-hybridized carbons (Fsp3) is 0.750. The van der Waals surface area contributed by atoms with Crippen LogP contribution in [-0.2, 0) is 11.3 Å². The topological polar surface area (TPSA) is 62.0 Å². The van der Waals surface area contributed by atoms with E-state index in [4.69, 9.17) is 9.15 Å². The van der Waals surface area contributed by atoms with E-state index < -0.39 is 0 Å². The number of guanidine groups is 1. The van der Waals surface area contributed by atoms with Crippen LogP contribution in [0, 0.1) is 0 Å². The highest BCUT2D eigenvalue weighted by Gasteiger charge is 2.08. The van der Waals surface area contributed by atoms with E-state index in [0.29, 0.717) is 13.2 Å². The van der Waals surface area contributed by atoms with E-state index >= 15 is 0 Å². The third kappa shape index (κ3) is 11.6. The average Bonchev–Trinajstić information content (AvgIpc) is 3.03. The van der Waals surface area contributed by atoms with Crippen LogP contribution in [0.5, 0.6) is 0 Å². The van der Waals surface area contributed by atoms with Crippen molar-refractivity contribution in [3.63, 3.8) is 0 Å². The van der Waals surface area contributed by atoms with Gasteiger partial charge >= 0.3 is 0 Å². The van der Waals surface area contributed by atoms with Gasteiger partial charge in [-0.3, -0.25) is 4.99 Å². The van der Waals surface area contributed by atoms with Crippen LogP contribution < -0.4 is 10.6 Å². The summed E-state index contributed by atoms with van der Waals surface area (Å²) in [5, 5.41) is 6.76. The first kappa shape index (κ1) is 24.2. The molecule has 27 heavy (non-hydrogen) atoms. The van der Waals surface area contributed by atoms with E-state index in [1.54, 1.807) is 6.26 Å². The summed E-state index contributed by atoms with van der Waals surface area (Å²) in [4.78, 5) is 7.23. The monoisotopic (exact) mass is 492 g/mol. The molecule has 2 rings (SSSR count). The normalized spacial score (nSPS) is 15.8. The van der Waals surface area contributed by atoms with Gasteiger partial charge in [0.1, 0.15) is 12.4 Å². The molecule has 1 aliphatic heterocycles. The van der Waals surface area contributed by atoms with Crippen LogP contribution in [0.15, 0.2) is 27.8 Å². The quantitative estimate of drug-likeness (QED) is 0.214. The largest absolute Gasteiger partial charge is 0.467 e. The van der Waals surface area contributed by atoms with Crippen molar-refractivity contribution in [2.24, 2.45) is 4.99 Å². The van der Waals surface area contributed by atoms with Crippen LogP contribution in [0.3, 0.4) is 0 Å². The summed E-state index contributed by atoms with van der Waals surface area (Å²) in [6, 6.07) is 3.81. The molecule has 2 heterocycles. The second-order valence-electron chi connectivity index (χ2n) is 6.78. The summed E-state index contributed by atoms with van der Waals surface area (Å²) in [6.07, 6.45) is 9.26. The number of halogens is 1. The van der Waals surface area contributed by atoms with Crippen molar-refractivity contribution in [2.45, 2.75) is 52.1 Å². The molecule has 0 unspecified atom stereocenters. The maximum absolute atomic E-state index is 5.59. The molecule has 0 bridgehead atoms. The summed E-state index contributed by atoms with van der Waals surface area (Å²) in [7, 11) is 0. The van der Waals surface area contributed by atoms with Crippen molar-refractivity contribution in [3.8, 4) is 0 Å². The third-order valence-corrected chi connectivity index (χ3v) is 4.53. The first-order valence-electron chi connectivity index (χ1n) is 10.2. The molecule has 0 radical (unpaired) electrons. The molecule has 1 aliphatic rings. The van der Waals surface area contributed by atoms with Crippen LogP contribution in [0.4, 0.5) is 0 Å². The van der Waals surface area contributed by atoms with Gasteiger partial charge in [-0.1, -0.05) is 12.8 Å². The van der Waals surface area contributed by atoms with Crippen molar-refractivity contribution in [1.82, 2.24) is 15.5 Å². The molecule has 0 aromatic carbocycles. The van der Waals surface area contributed by atoms with Gasteiger partial charge in [0.05, 0.1) is 6.26 Å². The predicted octanol–water partition coefficient (Wildman–Crippen LogP) is 3.63. The summed E-state index contributed by atoms with van der Waals surface area (Å²) < 4.78 is 10.8. The zero-order valence-corrected chi connectivity index (χ0v) is 19.1. The highest BCUT2D eigenvalue weighted by molar-refractivity contribution is 14.0. The van der Waals surface area contributed by atoms with Gasteiger partial charge in [-0.05, 0) is 64.4 Å². The standard InChI is InChI=1S/C20H36N4O2.HI/c1-2-21-20(22-11-8-15-24-13-5-3-4-6-14-24)23-12-9-16-25-18-19-10-7-17-26-19;/h7,10,17H,2-6,8-9,11-16,18H2,1H3,(H2,21,22,23);1H. The van der Waals surface area contributed by atoms with Crippen LogP contribution in [0.1, 0.15) is 51.2 Å². The van der Waals surface area contributed by atoms with E-state index in [-0.39, 0.29) is 24.0 Å². The minimum absolute atomic E-state index is 0. The van der Waals surface area contributed by atoms with Crippen molar-refractivity contribution >= 4 is 29.9 Å². The molecule has 0 atom stereocenters. The van der Waals surface area contributed by atoms with Gasteiger partial charge in [0.15, 0.2) is 5.96 Å². The molecule has 6 nitrogen and oxygen atoms in total.